The Hall–Kier alpha value is -1.90. The zero-order valence-electron chi connectivity index (χ0n) is 13.3. The lowest BCUT2D eigenvalue weighted by Crippen LogP contribution is -2.24. The number of likely N-dealkylation sites (tertiary alicyclic amines) is 1. The Morgan fingerprint density at radius 2 is 2.21 bits per heavy atom. The van der Waals surface area contributed by atoms with Crippen molar-refractivity contribution >= 4 is 0 Å². The van der Waals surface area contributed by atoms with Crippen LogP contribution >= 0.6 is 0 Å². The number of aliphatic hydroxyl groups is 1. The molecule has 0 unspecified atom stereocenters. The topological polar surface area (TPSA) is 71.6 Å². The Kier molecular flexibility index (Phi) is 5.17. The molecule has 24 heavy (non-hydrogen) atoms. The monoisotopic (exact) mass is 339 g/mol. The first-order valence-electron chi connectivity index (χ1n) is 7.74. The second kappa shape index (κ2) is 7.33. The predicted molar refractivity (Wildman–Crippen MR) is 80.0 cm³/mol. The van der Waals surface area contributed by atoms with Crippen molar-refractivity contribution in [3.8, 4) is 0 Å². The van der Waals surface area contributed by atoms with Crippen LogP contribution in [0.15, 0.2) is 22.7 Å². The summed E-state index contributed by atoms with van der Waals surface area (Å²) >= 11 is 0. The number of aliphatic hydroxyl groups excluding tert-OH is 1. The van der Waals surface area contributed by atoms with Crippen LogP contribution in [0, 0.1) is 11.6 Å². The molecule has 130 valence electrons. The normalized spacial score (nSPS) is 21.5. The first kappa shape index (κ1) is 16.9. The molecule has 0 amide bonds. The van der Waals surface area contributed by atoms with Crippen LogP contribution in [0.1, 0.15) is 29.7 Å². The van der Waals surface area contributed by atoms with Gasteiger partial charge in [0.15, 0.2) is 17.5 Å². The van der Waals surface area contributed by atoms with Crippen LogP contribution in [0.3, 0.4) is 0 Å². The van der Waals surface area contributed by atoms with E-state index in [4.69, 9.17) is 9.26 Å². The predicted octanol–water partition coefficient (Wildman–Crippen LogP) is 1.84. The molecule has 1 N–H and O–H groups in total. The van der Waals surface area contributed by atoms with Gasteiger partial charge in [0.2, 0.25) is 5.89 Å². The molecule has 0 aliphatic carbocycles. The number of hydrogen-bond acceptors (Lipinski definition) is 6. The number of ether oxygens (including phenoxy) is 1. The highest BCUT2D eigenvalue weighted by molar-refractivity contribution is 5.23. The third kappa shape index (κ3) is 3.77. The first-order chi connectivity index (χ1) is 11.6. The fraction of sp³-hybridized carbons (Fsp3) is 0.500. The standard InChI is InChI=1S/C16H19F2N3O3/c1-23-5-4-15-19-16(24-20-15)9-21-8-11(22)7-14(21)10-2-3-12(17)13(18)6-10/h2-3,6,11,14,22H,4-5,7-9H2,1H3/t11-,14+/m0/s1. The minimum atomic E-state index is -0.895. The maximum absolute atomic E-state index is 13.5. The van der Waals surface area contributed by atoms with E-state index in [2.05, 4.69) is 10.1 Å². The van der Waals surface area contributed by atoms with E-state index < -0.39 is 17.7 Å². The molecule has 1 aromatic carbocycles. The number of methoxy groups -OCH3 is 1. The van der Waals surface area contributed by atoms with Crippen LogP contribution in [0.2, 0.25) is 0 Å². The van der Waals surface area contributed by atoms with E-state index in [1.54, 1.807) is 7.11 Å². The van der Waals surface area contributed by atoms with Gasteiger partial charge in [0.05, 0.1) is 19.3 Å². The Bertz CT molecular complexity index is 695. The van der Waals surface area contributed by atoms with Gasteiger partial charge in [0, 0.05) is 26.1 Å². The van der Waals surface area contributed by atoms with E-state index in [0.717, 1.165) is 6.07 Å². The van der Waals surface area contributed by atoms with E-state index in [1.807, 2.05) is 4.90 Å². The lowest BCUT2D eigenvalue weighted by molar-refractivity contribution is 0.164. The summed E-state index contributed by atoms with van der Waals surface area (Å²) < 4.78 is 36.8. The molecule has 0 saturated carbocycles. The maximum atomic E-state index is 13.5. The third-order valence-corrected chi connectivity index (χ3v) is 4.09. The Morgan fingerprint density at radius 3 is 2.96 bits per heavy atom. The van der Waals surface area contributed by atoms with Crippen LogP contribution in [0.25, 0.3) is 0 Å². The van der Waals surface area contributed by atoms with Crippen LogP contribution < -0.4 is 0 Å². The Morgan fingerprint density at radius 1 is 1.38 bits per heavy atom. The number of hydrogen-bond donors (Lipinski definition) is 1. The quantitative estimate of drug-likeness (QED) is 0.866. The fourth-order valence-corrected chi connectivity index (χ4v) is 2.94. The summed E-state index contributed by atoms with van der Waals surface area (Å²) in [5, 5.41) is 13.8. The number of nitrogens with zero attached hydrogens (tertiary/aromatic N) is 3. The summed E-state index contributed by atoms with van der Waals surface area (Å²) in [7, 11) is 1.60. The van der Waals surface area contributed by atoms with Gasteiger partial charge in [-0.3, -0.25) is 4.90 Å². The van der Waals surface area contributed by atoms with Crippen molar-refractivity contribution < 1.29 is 23.1 Å². The van der Waals surface area contributed by atoms with E-state index >= 15 is 0 Å². The van der Waals surface area contributed by atoms with Crippen LogP contribution in [-0.4, -0.2) is 46.5 Å². The lowest BCUT2D eigenvalue weighted by Gasteiger charge is -2.22. The molecule has 3 rings (SSSR count). The second-order valence-electron chi connectivity index (χ2n) is 5.86. The molecular formula is C16H19F2N3O3. The van der Waals surface area contributed by atoms with Gasteiger partial charge < -0.3 is 14.4 Å². The zero-order chi connectivity index (χ0) is 17.1. The van der Waals surface area contributed by atoms with E-state index in [9.17, 15) is 13.9 Å². The van der Waals surface area contributed by atoms with Crippen molar-refractivity contribution in [2.45, 2.75) is 31.5 Å². The summed E-state index contributed by atoms with van der Waals surface area (Å²) in [4.78, 5) is 6.20. The summed E-state index contributed by atoms with van der Waals surface area (Å²) in [6.07, 6.45) is 0.448. The summed E-state index contributed by atoms with van der Waals surface area (Å²) in [6, 6.07) is 3.57. The van der Waals surface area contributed by atoms with Crippen molar-refractivity contribution in [2.24, 2.45) is 0 Å². The second-order valence-corrected chi connectivity index (χ2v) is 5.86. The molecule has 0 bridgehead atoms. The van der Waals surface area contributed by atoms with Gasteiger partial charge in [0.1, 0.15) is 0 Å². The molecule has 2 heterocycles. The summed E-state index contributed by atoms with van der Waals surface area (Å²) in [5.74, 6) is -0.809. The van der Waals surface area contributed by atoms with Crippen LogP contribution in [0.5, 0.6) is 0 Å². The molecule has 2 aromatic rings. The van der Waals surface area contributed by atoms with Crippen LogP contribution in [0.4, 0.5) is 8.78 Å². The molecule has 1 aromatic heterocycles. The van der Waals surface area contributed by atoms with Gasteiger partial charge in [-0.2, -0.15) is 4.98 Å². The molecular weight excluding hydrogens is 320 g/mol. The minimum Gasteiger partial charge on any atom is -0.392 e. The lowest BCUT2D eigenvalue weighted by atomic mass is 10.0. The van der Waals surface area contributed by atoms with Crippen molar-refractivity contribution in [1.29, 1.82) is 0 Å². The SMILES string of the molecule is COCCc1noc(CN2C[C@@H](O)C[C@@H]2c2ccc(F)c(F)c2)n1. The highest BCUT2D eigenvalue weighted by atomic mass is 19.2. The van der Waals surface area contributed by atoms with Crippen molar-refractivity contribution in [3.05, 3.63) is 47.1 Å². The van der Waals surface area contributed by atoms with Gasteiger partial charge >= 0.3 is 0 Å². The molecule has 1 saturated heterocycles. The minimum absolute atomic E-state index is 0.232. The van der Waals surface area contributed by atoms with E-state index in [0.29, 0.717) is 49.8 Å². The van der Waals surface area contributed by atoms with Gasteiger partial charge in [0.25, 0.3) is 0 Å². The van der Waals surface area contributed by atoms with Crippen molar-refractivity contribution in [2.75, 3.05) is 20.3 Å². The molecule has 1 aliphatic heterocycles. The van der Waals surface area contributed by atoms with E-state index in [-0.39, 0.29) is 6.04 Å². The number of rotatable bonds is 6. The van der Waals surface area contributed by atoms with Crippen molar-refractivity contribution in [3.63, 3.8) is 0 Å². The summed E-state index contributed by atoms with van der Waals surface area (Å²) in [5.41, 5.74) is 0.615. The van der Waals surface area contributed by atoms with Crippen molar-refractivity contribution in [1.82, 2.24) is 15.0 Å². The molecule has 8 heteroatoms. The molecule has 1 aliphatic rings. The molecule has 0 spiro atoms. The smallest absolute Gasteiger partial charge is 0.240 e. The molecule has 1 fully saturated rings. The number of aromatic nitrogens is 2. The average Bonchev–Trinajstić information content (AvgIpc) is 3.15. The highest BCUT2D eigenvalue weighted by Gasteiger charge is 2.33. The zero-order valence-corrected chi connectivity index (χ0v) is 13.3. The van der Waals surface area contributed by atoms with E-state index in [1.165, 1.54) is 12.1 Å². The number of β-amino-alcohol motifs (C(OH)–C–C–N with tert-alkyl or cyclic N) is 1. The Balaban J connectivity index is 1.73. The third-order valence-electron chi connectivity index (χ3n) is 4.09. The van der Waals surface area contributed by atoms with Crippen LogP contribution in [-0.2, 0) is 17.7 Å². The highest BCUT2D eigenvalue weighted by Crippen LogP contribution is 2.33. The van der Waals surface area contributed by atoms with Gasteiger partial charge in [-0.05, 0) is 24.1 Å². The fourth-order valence-electron chi connectivity index (χ4n) is 2.94. The largest absolute Gasteiger partial charge is 0.392 e. The summed E-state index contributed by atoms with van der Waals surface area (Å²) in [6.45, 7) is 1.24. The number of benzene rings is 1. The average molecular weight is 339 g/mol. The molecule has 6 nitrogen and oxygen atoms in total. The number of halogens is 2. The molecule has 0 radical (unpaired) electrons. The van der Waals surface area contributed by atoms with Gasteiger partial charge in [-0.25, -0.2) is 8.78 Å². The maximum Gasteiger partial charge on any atom is 0.240 e. The first-order valence-corrected chi connectivity index (χ1v) is 7.74. The van der Waals surface area contributed by atoms with Gasteiger partial charge in [-0.15, -0.1) is 0 Å². The van der Waals surface area contributed by atoms with Gasteiger partial charge in [-0.1, -0.05) is 11.2 Å². The molecule has 2 atom stereocenters. The Labute approximate surface area is 138 Å².